The molecule has 6 nitrogen and oxygen atoms in total. The fraction of sp³-hybridized carbons (Fsp3) is 0.471. The van der Waals surface area contributed by atoms with Crippen molar-refractivity contribution in [2.24, 2.45) is 0 Å². The maximum absolute atomic E-state index is 12.0. The number of carbonyl (C=O) groups is 3. The molecule has 0 saturated carbocycles. The van der Waals surface area contributed by atoms with E-state index < -0.39 is 24.5 Å². The highest BCUT2D eigenvalue weighted by atomic mass is 16.5. The molecule has 0 radical (unpaired) electrons. The molecule has 2 rings (SSSR count). The molecule has 0 fully saturated rings. The Kier molecular flexibility index (Phi) is 5.73. The van der Waals surface area contributed by atoms with Crippen LogP contribution >= 0.6 is 0 Å². The molecular formula is C17H22N2O4. The van der Waals surface area contributed by atoms with Crippen LogP contribution in [0.15, 0.2) is 18.2 Å². The number of fused-ring (bicyclic) bond motifs is 1. The number of hydrogen-bond acceptors (Lipinski definition) is 4. The number of likely N-dealkylation sites (N-methyl/N-ethyl adjacent to an activating group) is 1. The van der Waals surface area contributed by atoms with Gasteiger partial charge in [0.15, 0.2) is 6.61 Å². The van der Waals surface area contributed by atoms with Crippen LogP contribution in [0.5, 0.6) is 0 Å². The molecule has 2 amide bonds. The lowest BCUT2D eigenvalue weighted by atomic mass is 10.1. The van der Waals surface area contributed by atoms with Gasteiger partial charge in [-0.25, -0.2) is 4.79 Å². The summed E-state index contributed by atoms with van der Waals surface area (Å²) in [5.74, 6) is -1.30. The molecule has 0 aliphatic heterocycles. The third kappa shape index (κ3) is 4.55. The minimum atomic E-state index is -0.666. The first-order valence-electron chi connectivity index (χ1n) is 7.87. The van der Waals surface area contributed by atoms with Gasteiger partial charge in [0.2, 0.25) is 5.91 Å². The van der Waals surface area contributed by atoms with Gasteiger partial charge < -0.3 is 15.4 Å². The Balaban J connectivity index is 1.82. The van der Waals surface area contributed by atoms with E-state index in [0.29, 0.717) is 12.1 Å². The van der Waals surface area contributed by atoms with E-state index in [1.54, 1.807) is 19.9 Å². The molecule has 23 heavy (non-hydrogen) atoms. The molecule has 1 aliphatic rings. The number of esters is 1. The Morgan fingerprint density at radius 2 is 1.96 bits per heavy atom. The SMILES string of the molecule is CCNC(=O)[C@@H](C)NC(=O)COC(=O)c1ccc2c(c1)CCC2. The van der Waals surface area contributed by atoms with Crippen LogP contribution in [0.4, 0.5) is 0 Å². The molecule has 2 N–H and O–H groups in total. The Morgan fingerprint density at radius 1 is 1.22 bits per heavy atom. The van der Waals surface area contributed by atoms with Gasteiger partial charge in [0.25, 0.3) is 5.91 Å². The molecule has 0 heterocycles. The second-order valence-corrected chi connectivity index (χ2v) is 5.60. The number of rotatable bonds is 6. The van der Waals surface area contributed by atoms with E-state index in [0.717, 1.165) is 19.3 Å². The Labute approximate surface area is 135 Å². The summed E-state index contributed by atoms with van der Waals surface area (Å²) in [6, 6.07) is 4.83. The van der Waals surface area contributed by atoms with Crippen molar-refractivity contribution in [2.75, 3.05) is 13.2 Å². The quantitative estimate of drug-likeness (QED) is 0.766. The van der Waals surface area contributed by atoms with E-state index in [1.165, 1.54) is 11.1 Å². The van der Waals surface area contributed by atoms with Crippen LogP contribution in [0.25, 0.3) is 0 Å². The summed E-state index contributed by atoms with van der Waals surface area (Å²) in [5.41, 5.74) is 2.90. The summed E-state index contributed by atoms with van der Waals surface area (Å²) in [7, 11) is 0. The van der Waals surface area contributed by atoms with Crippen molar-refractivity contribution < 1.29 is 19.1 Å². The highest BCUT2D eigenvalue weighted by molar-refractivity contribution is 5.92. The second kappa shape index (κ2) is 7.76. The molecule has 6 heteroatoms. The zero-order chi connectivity index (χ0) is 16.8. The van der Waals surface area contributed by atoms with Gasteiger partial charge in [-0.1, -0.05) is 6.07 Å². The van der Waals surface area contributed by atoms with Crippen molar-refractivity contribution in [3.63, 3.8) is 0 Å². The average molecular weight is 318 g/mol. The number of carbonyl (C=O) groups excluding carboxylic acids is 3. The van der Waals surface area contributed by atoms with Crippen LogP contribution < -0.4 is 10.6 Å². The van der Waals surface area contributed by atoms with Gasteiger partial charge in [-0.2, -0.15) is 0 Å². The Hall–Kier alpha value is -2.37. The van der Waals surface area contributed by atoms with Gasteiger partial charge in [0, 0.05) is 6.54 Å². The lowest BCUT2D eigenvalue weighted by molar-refractivity contribution is -0.130. The van der Waals surface area contributed by atoms with Gasteiger partial charge >= 0.3 is 5.97 Å². The minimum Gasteiger partial charge on any atom is -0.452 e. The average Bonchev–Trinajstić information content (AvgIpc) is 3.00. The summed E-state index contributed by atoms with van der Waals surface area (Å²) in [4.78, 5) is 35.2. The van der Waals surface area contributed by atoms with Crippen LogP contribution in [-0.2, 0) is 27.2 Å². The van der Waals surface area contributed by atoms with Gasteiger partial charge in [0.05, 0.1) is 5.56 Å². The molecular weight excluding hydrogens is 296 g/mol. The van der Waals surface area contributed by atoms with Crippen LogP contribution in [-0.4, -0.2) is 37.0 Å². The van der Waals surface area contributed by atoms with Crippen LogP contribution in [0, 0.1) is 0 Å². The van der Waals surface area contributed by atoms with Gasteiger partial charge in [-0.15, -0.1) is 0 Å². The first-order chi connectivity index (χ1) is 11.0. The molecule has 0 spiro atoms. The standard InChI is InChI=1S/C17H22N2O4/c1-3-18-16(21)11(2)19-15(20)10-23-17(22)14-8-7-12-5-4-6-13(12)9-14/h7-9,11H,3-6,10H2,1-2H3,(H,18,21)(H,19,20)/t11-/m1/s1. The van der Waals surface area contributed by atoms with E-state index in [2.05, 4.69) is 10.6 Å². The topological polar surface area (TPSA) is 84.5 Å². The number of amides is 2. The molecule has 124 valence electrons. The predicted molar refractivity (Wildman–Crippen MR) is 85.0 cm³/mol. The van der Waals surface area contributed by atoms with Crippen molar-refractivity contribution in [1.82, 2.24) is 10.6 Å². The highest BCUT2D eigenvalue weighted by Gasteiger charge is 2.18. The smallest absolute Gasteiger partial charge is 0.338 e. The first kappa shape index (κ1) is 17.0. The molecule has 0 unspecified atom stereocenters. The first-order valence-corrected chi connectivity index (χ1v) is 7.87. The highest BCUT2D eigenvalue weighted by Crippen LogP contribution is 2.23. The van der Waals surface area contributed by atoms with Crippen LogP contribution in [0.1, 0.15) is 41.8 Å². The van der Waals surface area contributed by atoms with E-state index in [9.17, 15) is 14.4 Å². The molecule has 0 aromatic heterocycles. The van der Waals surface area contributed by atoms with Crippen molar-refractivity contribution in [3.05, 3.63) is 34.9 Å². The molecule has 1 aliphatic carbocycles. The molecule has 1 aromatic rings. The number of aryl methyl sites for hydroxylation is 2. The Bertz CT molecular complexity index is 613. The summed E-state index contributed by atoms with van der Waals surface area (Å²) in [5, 5.41) is 5.09. The van der Waals surface area contributed by atoms with E-state index in [-0.39, 0.29) is 5.91 Å². The Morgan fingerprint density at radius 3 is 2.70 bits per heavy atom. The van der Waals surface area contributed by atoms with Crippen LogP contribution in [0.2, 0.25) is 0 Å². The molecule has 0 bridgehead atoms. The fourth-order valence-corrected chi connectivity index (χ4v) is 2.59. The number of hydrogen-bond donors (Lipinski definition) is 2. The van der Waals surface area contributed by atoms with Crippen molar-refractivity contribution >= 4 is 17.8 Å². The van der Waals surface area contributed by atoms with E-state index in [1.807, 2.05) is 12.1 Å². The van der Waals surface area contributed by atoms with E-state index in [4.69, 9.17) is 4.74 Å². The molecule has 1 aromatic carbocycles. The van der Waals surface area contributed by atoms with Gasteiger partial charge in [-0.05, 0) is 56.4 Å². The lowest BCUT2D eigenvalue weighted by Crippen LogP contribution is -2.46. The zero-order valence-corrected chi connectivity index (χ0v) is 13.5. The number of benzene rings is 1. The molecule has 1 atom stereocenters. The summed E-state index contributed by atoms with van der Waals surface area (Å²) < 4.78 is 5.01. The van der Waals surface area contributed by atoms with Crippen LogP contribution in [0.3, 0.4) is 0 Å². The monoisotopic (exact) mass is 318 g/mol. The van der Waals surface area contributed by atoms with Crippen molar-refractivity contribution in [3.8, 4) is 0 Å². The van der Waals surface area contributed by atoms with Gasteiger partial charge in [0.1, 0.15) is 6.04 Å². The maximum atomic E-state index is 12.0. The summed E-state index contributed by atoms with van der Waals surface area (Å²) in [6.07, 6.45) is 3.12. The lowest BCUT2D eigenvalue weighted by Gasteiger charge is -2.13. The third-order valence-corrected chi connectivity index (χ3v) is 3.79. The van der Waals surface area contributed by atoms with E-state index >= 15 is 0 Å². The summed E-state index contributed by atoms with van der Waals surface area (Å²) in [6.45, 7) is 3.46. The van der Waals surface area contributed by atoms with Crippen molar-refractivity contribution in [2.45, 2.75) is 39.2 Å². The third-order valence-electron chi connectivity index (χ3n) is 3.79. The molecule has 0 saturated heterocycles. The zero-order valence-electron chi connectivity index (χ0n) is 13.5. The largest absolute Gasteiger partial charge is 0.452 e. The normalized spacial score (nSPS) is 13.8. The predicted octanol–water partition coefficient (Wildman–Crippen LogP) is 0.973. The summed E-state index contributed by atoms with van der Waals surface area (Å²) >= 11 is 0. The number of ether oxygens (including phenoxy) is 1. The van der Waals surface area contributed by atoms with Gasteiger partial charge in [-0.3, -0.25) is 9.59 Å². The maximum Gasteiger partial charge on any atom is 0.338 e. The number of nitrogens with one attached hydrogen (secondary N) is 2. The van der Waals surface area contributed by atoms with Crippen molar-refractivity contribution in [1.29, 1.82) is 0 Å². The minimum absolute atomic E-state index is 0.272. The fourth-order valence-electron chi connectivity index (χ4n) is 2.59. The second-order valence-electron chi connectivity index (χ2n) is 5.60.